The smallest absolute Gasteiger partial charge is 0.00660 e. The van der Waals surface area contributed by atoms with Crippen LogP contribution in [0.2, 0.25) is 0 Å². The Bertz CT molecular complexity index is 112. The van der Waals surface area contributed by atoms with E-state index in [1.165, 1.54) is 0 Å². The Morgan fingerprint density at radius 3 is 2.10 bits per heavy atom. The van der Waals surface area contributed by atoms with Crippen LogP contribution in [0.4, 0.5) is 0 Å². The van der Waals surface area contributed by atoms with Crippen LogP contribution in [-0.2, 0) is 0 Å². The van der Waals surface area contributed by atoms with Crippen LogP contribution in [0.15, 0.2) is 11.8 Å². The van der Waals surface area contributed by atoms with Gasteiger partial charge in [-0.05, 0) is 18.3 Å². The molecule has 0 saturated heterocycles. The second-order valence-corrected chi connectivity index (χ2v) is 3.49. The lowest BCUT2D eigenvalue weighted by atomic mass is 10.1. The first kappa shape index (κ1) is 9.54. The average Bonchev–Trinajstić information content (AvgIpc) is 1.82. The Labute approximate surface area is 64.3 Å². The topological polar surface area (TPSA) is 26.0 Å². The maximum Gasteiger partial charge on any atom is 0.00660 e. The Kier molecular flexibility index (Phi) is 4.17. The van der Waals surface area contributed by atoms with E-state index in [-0.39, 0.29) is 0 Å². The van der Waals surface area contributed by atoms with Crippen LogP contribution < -0.4 is 5.73 Å². The zero-order chi connectivity index (χ0) is 8.15. The summed E-state index contributed by atoms with van der Waals surface area (Å²) in [4.78, 5) is 0. The van der Waals surface area contributed by atoms with E-state index in [4.69, 9.17) is 5.73 Å². The molecule has 1 heteroatoms. The van der Waals surface area contributed by atoms with Gasteiger partial charge in [0.25, 0.3) is 0 Å². The van der Waals surface area contributed by atoms with Crippen LogP contribution in [0.25, 0.3) is 0 Å². The van der Waals surface area contributed by atoms with Gasteiger partial charge in [-0.3, -0.25) is 0 Å². The fourth-order valence-corrected chi connectivity index (χ4v) is 0.607. The van der Waals surface area contributed by atoms with Gasteiger partial charge in [0.1, 0.15) is 0 Å². The molecule has 60 valence electrons. The van der Waals surface area contributed by atoms with E-state index < -0.39 is 0 Å². The largest absolute Gasteiger partial charge is 0.402 e. The molecule has 0 amide bonds. The fourth-order valence-electron chi connectivity index (χ4n) is 0.607. The third kappa shape index (κ3) is 4.42. The molecular formula is C9H19N. The van der Waals surface area contributed by atoms with Crippen molar-refractivity contribution in [1.29, 1.82) is 0 Å². The normalized spacial score (nSPS) is 13.2. The molecule has 0 aliphatic carbocycles. The first-order valence-electron chi connectivity index (χ1n) is 3.99. The summed E-state index contributed by atoms with van der Waals surface area (Å²) in [6, 6.07) is 0. The van der Waals surface area contributed by atoms with Gasteiger partial charge in [-0.25, -0.2) is 0 Å². The molecule has 0 unspecified atom stereocenters. The molecule has 1 nitrogen and oxygen atoms in total. The molecule has 0 aromatic carbocycles. The van der Waals surface area contributed by atoms with E-state index in [2.05, 4.69) is 33.8 Å². The highest BCUT2D eigenvalue weighted by molar-refractivity contribution is 4.99. The summed E-state index contributed by atoms with van der Waals surface area (Å²) >= 11 is 0. The van der Waals surface area contributed by atoms with Crippen molar-refractivity contribution in [3.05, 3.63) is 11.8 Å². The van der Waals surface area contributed by atoms with Gasteiger partial charge in [0, 0.05) is 5.70 Å². The summed E-state index contributed by atoms with van der Waals surface area (Å²) in [7, 11) is 0. The molecule has 0 heterocycles. The highest BCUT2D eigenvalue weighted by Gasteiger charge is 1.96. The maximum atomic E-state index is 5.73. The van der Waals surface area contributed by atoms with Crippen molar-refractivity contribution in [2.45, 2.75) is 34.1 Å². The second kappa shape index (κ2) is 4.37. The van der Waals surface area contributed by atoms with Gasteiger partial charge in [-0.2, -0.15) is 0 Å². The molecule has 0 saturated carbocycles. The zero-order valence-corrected chi connectivity index (χ0v) is 7.52. The van der Waals surface area contributed by atoms with E-state index in [1.54, 1.807) is 0 Å². The number of rotatable bonds is 3. The third-order valence-corrected chi connectivity index (χ3v) is 1.49. The maximum absolute atomic E-state index is 5.73. The minimum Gasteiger partial charge on any atom is -0.402 e. The van der Waals surface area contributed by atoms with Gasteiger partial charge in [0.15, 0.2) is 0 Å². The molecule has 0 aromatic rings. The average molecular weight is 141 g/mol. The molecule has 0 spiro atoms. The molecule has 0 aromatic heterocycles. The highest BCUT2D eigenvalue weighted by atomic mass is 14.6. The van der Waals surface area contributed by atoms with Crippen molar-refractivity contribution in [3.8, 4) is 0 Å². The first-order valence-corrected chi connectivity index (χ1v) is 3.99. The van der Waals surface area contributed by atoms with Crippen LogP contribution in [0.3, 0.4) is 0 Å². The van der Waals surface area contributed by atoms with Crippen molar-refractivity contribution in [1.82, 2.24) is 0 Å². The van der Waals surface area contributed by atoms with Crippen LogP contribution in [0, 0.1) is 11.8 Å². The van der Waals surface area contributed by atoms with Crippen molar-refractivity contribution < 1.29 is 0 Å². The molecule has 0 aliphatic heterocycles. The minimum atomic E-state index is 0.499. The quantitative estimate of drug-likeness (QED) is 0.642. The Morgan fingerprint density at radius 2 is 1.80 bits per heavy atom. The third-order valence-electron chi connectivity index (χ3n) is 1.49. The molecular weight excluding hydrogens is 122 g/mol. The van der Waals surface area contributed by atoms with Crippen LogP contribution in [-0.4, -0.2) is 0 Å². The van der Waals surface area contributed by atoms with Crippen LogP contribution in [0.1, 0.15) is 34.1 Å². The molecule has 0 atom stereocenters. The van der Waals surface area contributed by atoms with E-state index >= 15 is 0 Å². The summed E-state index contributed by atoms with van der Waals surface area (Å²) < 4.78 is 0. The van der Waals surface area contributed by atoms with Crippen molar-refractivity contribution >= 4 is 0 Å². The molecule has 0 fully saturated rings. The number of hydrogen-bond acceptors (Lipinski definition) is 1. The zero-order valence-electron chi connectivity index (χ0n) is 7.52. The number of hydrogen-bond donors (Lipinski definition) is 1. The molecule has 2 N–H and O–H groups in total. The SMILES string of the molecule is CC(C)C/C=C(\N)C(C)C. The lowest BCUT2D eigenvalue weighted by Crippen LogP contribution is -2.05. The monoisotopic (exact) mass is 141 g/mol. The van der Waals surface area contributed by atoms with Crippen LogP contribution in [0.5, 0.6) is 0 Å². The van der Waals surface area contributed by atoms with Gasteiger partial charge in [-0.15, -0.1) is 0 Å². The molecule has 0 bridgehead atoms. The predicted molar refractivity (Wildman–Crippen MR) is 46.6 cm³/mol. The molecule has 0 radical (unpaired) electrons. The summed E-state index contributed by atoms with van der Waals surface area (Å²) in [5.41, 5.74) is 6.75. The summed E-state index contributed by atoms with van der Waals surface area (Å²) in [5, 5.41) is 0. The molecule has 0 rings (SSSR count). The summed E-state index contributed by atoms with van der Waals surface area (Å²) in [6.45, 7) is 8.63. The van der Waals surface area contributed by atoms with Crippen molar-refractivity contribution in [3.63, 3.8) is 0 Å². The predicted octanol–water partition coefficient (Wildman–Crippen LogP) is 2.53. The van der Waals surface area contributed by atoms with E-state index in [0.29, 0.717) is 5.92 Å². The highest BCUT2D eigenvalue weighted by Crippen LogP contribution is 2.07. The lowest BCUT2D eigenvalue weighted by Gasteiger charge is -2.05. The minimum absolute atomic E-state index is 0.499. The summed E-state index contributed by atoms with van der Waals surface area (Å²) in [5.74, 6) is 1.22. The van der Waals surface area contributed by atoms with Gasteiger partial charge >= 0.3 is 0 Å². The van der Waals surface area contributed by atoms with Gasteiger partial charge in [0.05, 0.1) is 0 Å². The summed E-state index contributed by atoms with van der Waals surface area (Å²) in [6.07, 6.45) is 3.24. The van der Waals surface area contributed by atoms with Crippen molar-refractivity contribution in [2.75, 3.05) is 0 Å². The van der Waals surface area contributed by atoms with E-state index in [9.17, 15) is 0 Å². The first-order chi connectivity index (χ1) is 4.54. The van der Waals surface area contributed by atoms with E-state index in [0.717, 1.165) is 18.0 Å². The lowest BCUT2D eigenvalue weighted by molar-refractivity contribution is 0.649. The van der Waals surface area contributed by atoms with Gasteiger partial charge in [0.2, 0.25) is 0 Å². The van der Waals surface area contributed by atoms with Gasteiger partial charge < -0.3 is 5.73 Å². The number of nitrogens with two attached hydrogens (primary N) is 1. The molecule has 0 aliphatic rings. The Morgan fingerprint density at radius 1 is 1.30 bits per heavy atom. The second-order valence-electron chi connectivity index (χ2n) is 3.49. The Hall–Kier alpha value is -0.460. The fraction of sp³-hybridized carbons (Fsp3) is 0.778. The standard InChI is InChI=1S/C9H19N/c1-7(2)5-6-9(10)8(3)4/h6-8H,5,10H2,1-4H3/b9-6-. The number of allylic oxidation sites excluding steroid dienone is 2. The van der Waals surface area contributed by atoms with Crippen LogP contribution >= 0.6 is 0 Å². The van der Waals surface area contributed by atoms with Gasteiger partial charge in [-0.1, -0.05) is 33.8 Å². The Balaban J connectivity index is 3.69. The van der Waals surface area contributed by atoms with Crippen molar-refractivity contribution in [2.24, 2.45) is 17.6 Å². The molecule has 10 heavy (non-hydrogen) atoms. The van der Waals surface area contributed by atoms with E-state index in [1.807, 2.05) is 0 Å².